The van der Waals surface area contributed by atoms with Gasteiger partial charge in [-0.15, -0.1) is 11.3 Å². The second-order valence-corrected chi connectivity index (χ2v) is 22.9. The molecule has 5 N–H and O–H groups in total. The Morgan fingerprint density at radius 3 is 2.47 bits per heavy atom. The van der Waals surface area contributed by atoms with E-state index in [9.17, 15) is 34.7 Å². The first kappa shape index (κ1) is 58.6. The van der Waals surface area contributed by atoms with Crippen molar-refractivity contribution in [1.82, 2.24) is 40.7 Å². The van der Waals surface area contributed by atoms with Crippen LogP contribution in [-0.4, -0.2) is 181 Å². The van der Waals surface area contributed by atoms with E-state index in [1.807, 2.05) is 30.6 Å². The molecule has 81 heavy (non-hydrogen) atoms. The number of carbonyl (C=O) groups is 4. The summed E-state index contributed by atoms with van der Waals surface area (Å²) in [4.78, 5) is 75.0. The number of carboxylic acid groups (broad SMARTS) is 1. The number of aryl methyl sites for hydroxylation is 1. The standard InChI is InChI=1S/C59H75N11O10S/c1-38-53(81-37-63-38)43-14-12-40(13-15-43)17-20-61-55(73)51-29-46(71)32-70(51)56(74)59(3,4)39(2)64-52(72)36-79-27-25-77-24-26-78-34-41-28-44(62-30-41)35-80-57-65-49-33-67(50-11-7-9-42-8-5-6-10-47(42)50)21-18-48(49)54(66-57)68-22-23-69(58(75)76)45(31-68)16-19-60/h5-15,37,39,41,44-46,51,62,71H,16-18,20-36H2,1-4H3,(H,61,73)(H,64,72)(H,75,76)/t39-,41+,44-,45-,46+,51-/m0/s1. The minimum absolute atomic E-state index is 0.0259. The first-order valence-electron chi connectivity index (χ1n) is 28.1. The maximum atomic E-state index is 14.0. The van der Waals surface area contributed by atoms with E-state index in [4.69, 9.17) is 28.9 Å². The Labute approximate surface area is 476 Å². The van der Waals surface area contributed by atoms with E-state index in [0.29, 0.717) is 65.4 Å². The third kappa shape index (κ3) is 14.6. The quantitative estimate of drug-likeness (QED) is 0.0512. The van der Waals surface area contributed by atoms with Crippen LogP contribution in [0.2, 0.25) is 0 Å². The Balaban J connectivity index is 0.665. The summed E-state index contributed by atoms with van der Waals surface area (Å²) in [5.41, 5.74) is 6.89. The maximum Gasteiger partial charge on any atom is 0.407 e. The number of piperazine rings is 1. The lowest BCUT2D eigenvalue weighted by Gasteiger charge is -2.41. The Kier molecular flexibility index (Phi) is 19.7. The van der Waals surface area contributed by atoms with Gasteiger partial charge in [0.15, 0.2) is 0 Å². The molecule has 2 aromatic heterocycles. The second-order valence-electron chi connectivity index (χ2n) is 22.0. The fraction of sp³-hybridized carbons (Fsp3) is 0.525. The number of carbonyl (C=O) groups excluding carboxylic acids is 3. The number of likely N-dealkylation sites (tertiary alicyclic amines) is 1. The van der Waals surface area contributed by atoms with Crippen LogP contribution in [0.15, 0.2) is 72.2 Å². The van der Waals surface area contributed by atoms with Crippen LogP contribution in [0.4, 0.5) is 16.3 Å². The van der Waals surface area contributed by atoms with Crippen LogP contribution < -0.4 is 30.5 Å². The summed E-state index contributed by atoms with van der Waals surface area (Å²) in [7, 11) is 0. The maximum absolute atomic E-state index is 14.0. The van der Waals surface area contributed by atoms with Crippen LogP contribution in [0.25, 0.3) is 21.2 Å². The van der Waals surface area contributed by atoms with Gasteiger partial charge in [-0.2, -0.15) is 15.2 Å². The molecule has 3 fully saturated rings. The lowest BCUT2D eigenvalue weighted by molar-refractivity contribution is -0.147. The zero-order chi connectivity index (χ0) is 57.0. The first-order chi connectivity index (χ1) is 39.2. The SMILES string of the molecule is Cc1ncsc1-c1ccc(CCNC(=O)[C@@H]2C[C@@H](O)CN2C(=O)C(C)(C)[C@H](C)NC(=O)COCCOCCOC[C@H]2CN[C@H](COc3nc4c(c(N5CCN(C(=O)O)[C@@H](CC#N)C5)n3)CCN(c3cccc5ccccc35)C4)C2)cc1. The number of aromatic nitrogens is 3. The first-order valence-corrected chi connectivity index (χ1v) is 28.9. The average Bonchev–Trinajstić information content (AvgIpc) is 4.31. The molecule has 21 nitrogen and oxygen atoms in total. The molecule has 0 unspecified atom stereocenters. The highest BCUT2D eigenvalue weighted by Gasteiger charge is 2.46. The van der Waals surface area contributed by atoms with Crippen LogP contribution >= 0.6 is 11.3 Å². The smallest absolute Gasteiger partial charge is 0.407 e. The Hall–Kier alpha value is -7.00. The van der Waals surface area contributed by atoms with Crippen LogP contribution in [0, 0.1) is 29.6 Å². The lowest BCUT2D eigenvalue weighted by Crippen LogP contribution is -2.56. The van der Waals surface area contributed by atoms with E-state index in [1.54, 1.807) is 32.1 Å². The molecular weight excluding hydrogens is 1050 g/mol. The highest BCUT2D eigenvalue weighted by atomic mass is 32.1. The summed E-state index contributed by atoms with van der Waals surface area (Å²) in [6.45, 7) is 12.5. The number of ether oxygens (including phenoxy) is 4. The van der Waals surface area contributed by atoms with Gasteiger partial charge in [-0.25, -0.2) is 9.78 Å². The normalized spacial score (nSPS) is 20.5. The van der Waals surface area contributed by atoms with Gasteiger partial charge in [-0.1, -0.05) is 60.7 Å². The molecule has 4 amide bonds. The predicted octanol–water partition coefficient (Wildman–Crippen LogP) is 4.97. The topological polar surface area (TPSA) is 257 Å². The molecule has 0 spiro atoms. The molecule has 9 rings (SSSR count). The fourth-order valence-corrected chi connectivity index (χ4v) is 12.0. The largest absolute Gasteiger partial charge is 0.465 e. The van der Waals surface area contributed by atoms with Gasteiger partial charge in [0.25, 0.3) is 0 Å². The van der Waals surface area contributed by atoms with E-state index in [-0.39, 0.29) is 75.5 Å². The minimum Gasteiger partial charge on any atom is -0.465 e. The highest BCUT2D eigenvalue weighted by Crippen LogP contribution is 2.36. The molecule has 5 aromatic rings. The average molecular weight is 1130 g/mol. The summed E-state index contributed by atoms with van der Waals surface area (Å²) in [5, 5.41) is 41.7. The van der Waals surface area contributed by atoms with E-state index in [0.717, 1.165) is 69.4 Å². The molecule has 0 bridgehead atoms. The van der Waals surface area contributed by atoms with Crippen molar-refractivity contribution < 1.29 is 48.3 Å². The van der Waals surface area contributed by atoms with E-state index in [1.165, 1.54) is 15.2 Å². The number of fused-ring (bicyclic) bond motifs is 2. The van der Waals surface area contributed by atoms with Gasteiger partial charge in [0.1, 0.15) is 25.1 Å². The van der Waals surface area contributed by atoms with Crippen molar-refractivity contribution in [3.63, 3.8) is 0 Å². The Bertz CT molecular complexity index is 3020. The van der Waals surface area contributed by atoms with Crippen molar-refractivity contribution >= 4 is 57.4 Å². The van der Waals surface area contributed by atoms with Gasteiger partial charge in [0, 0.05) is 81.0 Å². The van der Waals surface area contributed by atoms with Crippen LogP contribution in [0.3, 0.4) is 0 Å². The molecule has 6 atom stereocenters. The minimum atomic E-state index is -1.09. The molecule has 3 saturated heterocycles. The van der Waals surface area contributed by atoms with Crippen LogP contribution in [0.5, 0.6) is 6.01 Å². The molecule has 432 valence electrons. The van der Waals surface area contributed by atoms with Crippen molar-refractivity contribution in [1.29, 1.82) is 5.26 Å². The Morgan fingerprint density at radius 2 is 1.69 bits per heavy atom. The van der Waals surface area contributed by atoms with Crippen molar-refractivity contribution in [3.8, 4) is 22.5 Å². The number of benzene rings is 3. The number of nitrogens with one attached hydrogen (secondary N) is 3. The van der Waals surface area contributed by atoms with Gasteiger partial charge in [-0.3, -0.25) is 14.4 Å². The van der Waals surface area contributed by atoms with Crippen LogP contribution in [-0.2, 0) is 48.0 Å². The van der Waals surface area contributed by atoms with Gasteiger partial charge in [0.2, 0.25) is 17.7 Å². The number of aliphatic hydroxyl groups excluding tert-OH is 1. The molecule has 0 saturated carbocycles. The van der Waals surface area contributed by atoms with Crippen molar-refractivity contribution in [3.05, 3.63) is 94.8 Å². The van der Waals surface area contributed by atoms with E-state index in [2.05, 4.69) is 85.3 Å². The molecule has 0 radical (unpaired) electrons. The van der Waals surface area contributed by atoms with E-state index >= 15 is 0 Å². The Morgan fingerprint density at radius 1 is 0.914 bits per heavy atom. The van der Waals surface area contributed by atoms with Gasteiger partial charge in [0.05, 0.1) is 91.4 Å². The molecule has 4 aliphatic heterocycles. The zero-order valence-corrected chi connectivity index (χ0v) is 47.5. The third-order valence-electron chi connectivity index (χ3n) is 16.1. The highest BCUT2D eigenvalue weighted by molar-refractivity contribution is 7.13. The summed E-state index contributed by atoms with van der Waals surface area (Å²) in [6.07, 6.45) is 0.462. The number of hydrogen-bond donors (Lipinski definition) is 5. The molecule has 6 heterocycles. The van der Waals surface area contributed by atoms with Crippen molar-refractivity contribution in [2.75, 3.05) is 102 Å². The number of β-amino-alcohol motifs (C(OH)–C–C–N with tert-alkyl or cyclic N) is 1. The molecule has 0 aliphatic carbocycles. The van der Waals surface area contributed by atoms with Gasteiger partial charge < -0.3 is 64.7 Å². The monoisotopic (exact) mass is 1130 g/mol. The van der Waals surface area contributed by atoms with Crippen molar-refractivity contribution in [2.45, 2.75) is 96.6 Å². The summed E-state index contributed by atoms with van der Waals surface area (Å²) in [6, 6.07) is 23.4. The number of aliphatic hydroxyl groups is 1. The number of amides is 4. The third-order valence-corrected chi connectivity index (χ3v) is 17.0. The zero-order valence-electron chi connectivity index (χ0n) is 46.7. The molecule has 22 heteroatoms. The molecule has 3 aromatic carbocycles. The number of nitriles is 1. The van der Waals surface area contributed by atoms with E-state index < -0.39 is 41.6 Å². The molecule has 4 aliphatic rings. The summed E-state index contributed by atoms with van der Waals surface area (Å²) >= 11 is 1.60. The lowest BCUT2D eigenvalue weighted by atomic mass is 9.83. The molecular formula is C59H75N11O10S. The van der Waals surface area contributed by atoms with Crippen LogP contribution in [0.1, 0.15) is 62.5 Å². The van der Waals surface area contributed by atoms with Crippen molar-refractivity contribution in [2.24, 2.45) is 11.3 Å². The number of hydrogen-bond acceptors (Lipinski definition) is 17. The number of rotatable bonds is 24. The second kappa shape index (κ2) is 27.2. The summed E-state index contributed by atoms with van der Waals surface area (Å²) in [5.74, 6) is -0.0663. The number of thiazole rings is 1. The predicted molar refractivity (Wildman–Crippen MR) is 306 cm³/mol. The summed E-state index contributed by atoms with van der Waals surface area (Å²) < 4.78 is 23.6. The number of nitrogens with zero attached hydrogens (tertiary/aromatic N) is 8. The van der Waals surface area contributed by atoms with Gasteiger partial charge in [-0.05, 0) is 75.5 Å². The number of anilines is 2. The van der Waals surface area contributed by atoms with Gasteiger partial charge >= 0.3 is 12.1 Å². The fourth-order valence-electron chi connectivity index (χ4n) is 11.2.